The van der Waals surface area contributed by atoms with Gasteiger partial charge in [0.1, 0.15) is 11.9 Å². The number of carbonyl (C=O) groups is 1. The predicted molar refractivity (Wildman–Crippen MR) is 117 cm³/mol. The van der Waals surface area contributed by atoms with E-state index >= 15 is 0 Å². The number of hydrogen-bond acceptors (Lipinski definition) is 5. The van der Waals surface area contributed by atoms with Gasteiger partial charge in [0.15, 0.2) is 5.82 Å². The first-order valence-corrected chi connectivity index (χ1v) is 10.1. The summed E-state index contributed by atoms with van der Waals surface area (Å²) in [5.41, 5.74) is 3.08. The van der Waals surface area contributed by atoms with Crippen LogP contribution >= 0.6 is 0 Å². The molecule has 152 valence electrons. The number of benzene rings is 2. The van der Waals surface area contributed by atoms with Gasteiger partial charge in [-0.05, 0) is 31.0 Å². The largest absolute Gasteiger partial charge is 0.383 e. The third-order valence-electron chi connectivity index (χ3n) is 5.53. The Labute approximate surface area is 172 Å². The second-order valence-electron chi connectivity index (χ2n) is 7.44. The molecule has 1 atom stereocenters. The molecule has 1 saturated heterocycles. The van der Waals surface area contributed by atoms with Gasteiger partial charge in [-0.1, -0.05) is 43.3 Å². The number of aliphatic hydroxyl groups excluding tert-OH is 1. The molecule has 4 rings (SSSR count). The van der Waals surface area contributed by atoms with E-state index in [1.807, 2.05) is 49.4 Å². The van der Waals surface area contributed by atoms with E-state index in [1.165, 1.54) is 0 Å². The van der Waals surface area contributed by atoms with Crippen molar-refractivity contribution in [3.05, 3.63) is 54.1 Å². The number of aliphatic hydroxyl groups is 1. The topological polar surface area (TPSA) is 69.6 Å². The molecule has 6 nitrogen and oxygen atoms in total. The summed E-state index contributed by atoms with van der Waals surface area (Å²) in [5.74, 6) is 1.44. The maximum Gasteiger partial charge on any atom is 0.251 e. The lowest BCUT2D eigenvalue weighted by Gasteiger charge is -2.36. The van der Waals surface area contributed by atoms with Crippen molar-refractivity contribution in [1.29, 1.82) is 0 Å². The van der Waals surface area contributed by atoms with E-state index in [0.717, 1.165) is 33.7 Å². The highest BCUT2D eigenvalue weighted by molar-refractivity contribution is 5.91. The SMILES string of the molecule is CC[C@@H](O)C(=O)N1CCN(c2nc(-c3ccccc3C)nc3ccccc23)CC1.[HH]. The Morgan fingerprint density at radius 1 is 1.07 bits per heavy atom. The van der Waals surface area contributed by atoms with Gasteiger partial charge < -0.3 is 14.9 Å². The Bertz CT molecular complexity index is 1030. The van der Waals surface area contributed by atoms with Crippen LogP contribution in [0.5, 0.6) is 0 Å². The van der Waals surface area contributed by atoms with Crippen LogP contribution in [0, 0.1) is 6.92 Å². The van der Waals surface area contributed by atoms with Crippen LogP contribution in [0.25, 0.3) is 22.3 Å². The van der Waals surface area contributed by atoms with Gasteiger partial charge in [0, 0.05) is 38.6 Å². The Kier molecular flexibility index (Phi) is 5.45. The van der Waals surface area contributed by atoms with Gasteiger partial charge in [0.05, 0.1) is 5.52 Å². The normalized spacial score (nSPS) is 15.6. The van der Waals surface area contributed by atoms with E-state index in [-0.39, 0.29) is 7.33 Å². The first-order chi connectivity index (χ1) is 14.1. The summed E-state index contributed by atoms with van der Waals surface area (Å²) >= 11 is 0. The minimum absolute atomic E-state index is 0. The van der Waals surface area contributed by atoms with Gasteiger partial charge in [0.25, 0.3) is 5.91 Å². The first-order valence-electron chi connectivity index (χ1n) is 10.1. The third kappa shape index (κ3) is 3.80. The van der Waals surface area contributed by atoms with Crippen LogP contribution in [0.4, 0.5) is 5.82 Å². The molecule has 29 heavy (non-hydrogen) atoms. The van der Waals surface area contributed by atoms with E-state index in [9.17, 15) is 9.90 Å². The van der Waals surface area contributed by atoms with E-state index in [4.69, 9.17) is 9.97 Å². The highest BCUT2D eigenvalue weighted by Crippen LogP contribution is 2.29. The summed E-state index contributed by atoms with van der Waals surface area (Å²) in [5, 5.41) is 10.9. The molecule has 1 fully saturated rings. The van der Waals surface area contributed by atoms with Crippen molar-refractivity contribution < 1.29 is 11.3 Å². The zero-order valence-corrected chi connectivity index (χ0v) is 16.9. The highest BCUT2D eigenvalue weighted by atomic mass is 16.3. The molecule has 3 aromatic rings. The van der Waals surface area contributed by atoms with Gasteiger partial charge in [-0.3, -0.25) is 4.79 Å². The van der Waals surface area contributed by atoms with Crippen LogP contribution < -0.4 is 4.90 Å². The van der Waals surface area contributed by atoms with Gasteiger partial charge in [0.2, 0.25) is 0 Å². The molecule has 0 spiro atoms. The Hall–Kier alpha value is -2.99. The summed E-state index contributed by atoms with van der Waals surface area (Å²) < 4.78 is 0. The zero-order valence-electron chi connectivity index (χ0n) is 16.9. The fraction of sp³-hybridized carbons (Fsp3) is 0.348. The average molecular weight is 393 g/mol. The van der Waals surface area contributed by atoms with Crippen LogP contribution in [0.1, 0.15) is 20.3 Å². The molecule has 0 bridgehead atoms. The molecule has 1 aromatic heterocycles. The molecule has 0 saturated carbocycles. The van der Waals surface area contributed by atoms with Crippen LogP contribution in [0.15, 0.2) is 48.5 Å². The van der Waals surface area contributed by atoms with Crippen molar-refractivity contribution in [1.82, 2.24) is 14.9 Å². The molecule has 2 aromatic carbocycles. The van der Waals surface area contributed by atoms with Crippen LogP contribution in [0.3, 0.4) is 0 Å². The number of para-hydroxylation sites is 1. The molecule has 6 heteroatoms. The first kappa shape index (κ1) is 19.3. The van der Waals surface area contributed by atoms with Crippen molar-refractivity contribution in [2.45, 2.75) is 26.4 Å². The number of anilines is 1. The fourth-order valence-electron chi connectivity index (χ4n) is 3.77. The molecule has 1 aliphatic rings. The summed E-state index contributed by atoms with van der Waals surface area (Å²) in [6.07, 6.45) is -0.468. The second kappa shape index (κ2) is 8.17. The number of rotatable bonds is 4. The summed E-state index contributed by atoms with van der Waals surface area (Å²) in [6, 6.07) is 16.2. The lowest BCUT2D eigenvalue weighted by Crippen LogP contribution is -2.51. The highest BCUT2D eigenvalue weighted by Gasteiger charge is 2.26. The van der Waals surface area contributed by atoms with E-state index in [0.29, 0.717) is 32.6 Å². The predicted octanol–water partition coefficient (Wildman–Crippen LogP) is 3.27. The van der Waals surface area contributed by atoms with Crippen molar-refractivity contribution in [2.24, 2.45) is 0 Å². The minimum atomic E-state index is -0.908. The molecule has 2 heterocycles. The molecule has 1 aliphatic heterocycles. The smallest absolute Gasteiger partial charge is 0.251 e. The number of piperazine rings is 1. The minimum Gasteiger partial charge on any atom is -0.383 e. The molecular weight excluding hydrogens is 364 g/mol. The Morgan fingerprint density at radius 2 is 1.76 bits per heavy atom. The number of amides is 1. The number of aromatic nitrogens is 2. The monoisotopic (exact) mass is 392 g/mol. The average Bonchev–Trinajstić information content (AvgIpc) is 2.77. The molecule has 0 radical (unpaired) electrons. The fourth-order valence-corrected chi connectivity index (χ4v) is 3.77. The van der Waals surface area contributed by atoms with Gasteiger partial charge in [-0.25, -0.2) is 9.97 Å². The second-order valence-corrected chi connectivity index (χ2v) is 7.44. The van der Waals surface area contributed by atoms with E-state index in [1.54, 1.807) is 4.90 Å². The van der Waals surface area contributed by atoms with Crippen molar-refractivity contribution >= 4 is 22.6 Å². The molecule has 0 unspecified atom stereocenters. The van der Waals surface area contributed by atoms with E-state index < -0.39 is 6.10 Å². The van der Waals surface area contributed by atoms with Gasteiger partial charge >= 0.3 is 0 Å². The Balaban J connectivity index is 0.00000256. The zero-order chi connectivity index (χ0) is 20.4. The van der Waals surface area contributed by atoms with Crippen molar-refractivity contribution in [2.75, 3.05) is 31.1 Å². The standard InChI is InChI=1S/C23H26N4O2.H2/c1-3-20(28)23(29)27-14-12-26(13-15-27)22-18-10-6-7-11-19(18)24-21(25-22)17-9-5-4-8-16(17)2;/h4-11,20,28H,3,12-15H2,1-2H3;1H/t20-;/m1./s1. The Morgan fingerprint density at radius 3 is 2.48 bits per heavy atom. The quantitative estimate of drug-likeness (QED) is 0.738. The summed E-state index contributed by atoms with van der Waals surface area (Å²) in [6.45, 7) is 6.39. The van der Waals surface area contributed by atoms with Gasteiger partial charge in [-0.2, -0.15) is 0 Å². The molecular formula is C23H28N4O2. The molecule has 0 aliphatic carbocycles. The lowest BCUT2D eigenvalue weighted by atomic mass is 10.1. The molecule has 1 amide bonds. The van der Waals surface area contributed by atoms with Crippen molar-refractivity contribution in [3.8, 4) is 11.4 Å². The number of carbonyl (C=O) groups excluding carboxylic acids is 1. The number of nitrogens with zero attached hydrogens (tertiary/aromatic N) is 4. The maximum atomic E-state index is 12.3. The van der Waals surface area contributed by atoms with Crippen LogP contribution in [-0.4, -0.2) is 58.2 Å². The maximum absolute atomic E-state index is 12.3. The third-order valence-corrected chi connectivity index (χ3v) is 5.53. The van der Waals surface area contributed by atoms with Gasteiger partial charge in [-0.15, -0.1) is 0 Å². The van der Waals surface area contributed by atoms with Crippen molar-refractivity contribution in [3.63, 3.8) is 0 Å². The van der Waals surface area contributed by atoms with Crippen LogP contribution in [0.2, 0.25) is 0 Å². The van der Waals surface area contributed by atoms with E-state index in [2.05, 4.69) is 17.9 Å². The number of aryl methyl sites for hydroxylation is 1. The molecule has 1 N–H and O–H groups in total. The summed E-state index contributed by atoms with van der Waals surface area (Å²) in [7, 11) is 0. The van der Waals surface area contributed by atoms with Crippen LogP contribution in [-0.2, 0) is 4.79 Å². The lowest BCUT2D eigenvalue weighted by molar-refractivity contribution is -0.140. The summed E-state index contributed by atoms with van der Waals surface area (Å²) in [4.78, 5) is 26.0. The number of hydrogen-bond donors (Lipinski definition) is 1. The number of fused-ring (bicyclic) bond motifs is 1.